The van der Waals surface area contributed by atoms with Gasteiger partial charge in [-0.25, -0.2) is 4.39 Å². The predicted octanol–water partition coefficient (Wildman–Crippen LogP) is 4.10. The van der Waals surface area contributed by atoms with Crippen LogP contribution < -0.4 is 10.6 Å². The number of carbonyl (C=O) groups is 1. The molecule has 0 radical (unpaired) electrons. The van der Waals surface area contributed by atoms with Crippen molar-refractivity contribution in [3.05, 3.63) is 53.8 Å². The molecular weight excluding hydrogens is 405 g/mol. The molecule has 2 aliphatic heterocycles. The summed E-state index contributed by atoms with van der Waals surface area (Å²) < 4.78 is 13.8. The summed E-state index contributed by atoms with van der Waals surface area (Å²) in [6.07, 6.45) is 5.39. The van der Waals surface area contributed by atoms with Crippen LogP contribution in [0.5, 0.6) is 0 Å². The molecule has 0 spiro atoms. The number of halogens is 1. The maximum Gasteiger partial charge on any atom is 0.223 e. The fraction of sp³-hybridized carbons (Fsp3) is 0.500. The van der Waals surface area contributed by atoms with E-state index in [1.54, 1.807) is 12.1 Å². The second-order valence-corrected chi connectivity index (χ2v) is 9.08. The molecule has 2 aromatic carbocycles. The number of rotatable bonds is 8. The van der Waals surface area contributed by atoms with Gasteiger partial charge in [-0.15, -0.1) is 0 Å². The molecule has 32 heavy (non-hydrogen) atoms. The number of carbonyl (C=O) groups excluding carboxylic acids is 1. The van der Waals surface area contributed by atoms with Crippen molar-refractivity contribution in [3.8, 4) is 11.1 Å². The molecule has 2 aromatic rings. The Kier molecular flexibility index (Phi) is 7.11. The average molecular weight is 440 g/mol. The van der Waals surface area contributed by atoms with Crippen molar-refractivity contribution in [2.24, 2.45) is 11.7 Å². The van der Waals surface area contributed by atoms with Crippen LogP contribution in [0.3, 0.4) is 0 Å². The number of nitrogens with zero attached hydrogens (tertiary/aromatic N) is 2. The zero-order chi connectivity index (χ0) is 22.7. The highest BCUT2D eigenvalue weighted by atomic mass is 19.1. The normalized spacial score (nSPS) is 22.1. The Labute approximate surface area is 190 Å². The minimum atomic E-state index is -0.261. The van der Waals surface area contributed by atoms with Gasteiger partial charge >= 0.3 is 0 Å². The minimum Gasteiger partial charge on any atom is -0.394 e. The van der Waals surface area contributed by atoms with Gasteiger partial charge in [0, 0.05) is 31.6 Å². The number of aliphatic hydroxyl groups is 1. The Morgan fingerprint density at radius 1 is 1.12 bits per heavy atom. The van der Waals surface area contributed by atoms with E-state index < -0.39 is 0 Å². The largest absolute Gasteiger partial charge is 0.394 e. The molecule has 5 nitrogen and oxygen atoms in total. The average Bonchev–Trinajstić information content (AvgIpc) is 3.24. The summed E-state index contributed by atoms with van der Waals surface area (Å²) in [4.78, 5) is 17.4. The van der Waals surface area contributed by atoms with Crippen LogP contribution in [0.25, 0.3) is 11.1 Å². The highest BCUT2D eigenvalue weighted by Crippen LogP contribution is 2.49. The van der Waals surface area contributed by atoms with Crippen molar-refractivity contribution in [1.29, 1.82) is 0 Å². The first-order valence-corrected chi connectivity index (χ1v) is 11.8. The summed E-state index contributed by atoms with van der Waals surface area (Å²) in [6, 6.07) is 12.7. The van der Waals surface area contributed by atoms with E-state index in [1.165, 1.54) is 6.07 Å². The van der Waals surface area contributed by atoms with Crippen molar-refractivity contribution in [1.82, 2.24) is 4.90 Å². The lowest BCUT2D eigenvalue weighted by Gasteiger charge is -2.44. The molecule has 0 bridgehead atoms. The van der Waals surface area contributed by atoms with Crippen molar-refractivity contribution < 1.29 is 14.3 Å². The van der Waals surface area contributed by atoms with Crippen LogP contribution in [0, 0.1) is 11.7 Å². The topological polar surface area (TPSA) is 69.8 Å². The van der Waals surface area contributed by atoms with Gasteiger partial charge in [0.15, 0.2) is 0 Å². The number of fused-ring (bicyclic) bond motifs is 3. The zero-order valence-corrected chi connectivity index (χ0v) is 18.8. The van der Waals surface area contributed by atoms with Gasteiger partial charge in [-0.05, 0) is 66.8 Å². The number of hydrogen-bond donors (Lipinski definition) is 2. The third kappa shape index (κ3) is 4.39. The molecule has 4 rings (SSSR count). The fourth-order valence-corrected chi connectivity index (χ4v) is 5.50. The Morgan fingerprint density at radius 3 is 2.66 bits per heavy atom. The van der Waals surface area contributed by atoms with Gasteiger partial charge in [0.25, 0.3) is 0 Å². The number of likely N-dealkylation sites (N-methyl/N-ethyl adjacent to an activating group) is 1. The molecule has 0 aliphatic carbocycles. The van der Waals surface area contributed by atoms with Crippen molar-refractivity contribution in [2.75, 3.05) is 31.6 Å². The second kappa shape index (κ2) is 10.0. The van der Waals surface area contributed by atoms with Gasteiger partial charge in [0.2, 0.25) is 5.91 Å². The Bertz CT molecular complexity index is 950. The van der Waals surface area contributed by atoms with Crippen LogP contribution >= 0.6 is 0 Å². The molecule has 1 fully saturated rings. The van der Waals surface area contributed by atoms with Gasteiger partial charge in [0.05, 0.1) is 18.7 Å². The van der Waals surface area contributed by atoms with Gasteiger partial charge in [0.1, 0.15) is 5.82 Å². The fourth-order valence-electron chi connectivity index (χ4n) is 5.50. The first-order valence-electron chi connectivity index (χ1n) is 11.8. The van der Waals surface area contributed by atoms with Crippen LogP contribution in [-0.2, 0) is 4.79 Å². The van der Waals surface area contributed by atoms with Gasteiger partial charge in [-0.1, -0.05) is 31.0 Å². The van der Waals surface area contributed by atoms with Crippen molar-refractivity contribution in [2.45, 2.75) is 50.6 Å². The maximum atomic E-state index is 13.8. The molecule has 2 aliphatic rings. The molecule has 3 N–H and O–H groups in total. The van der Waals surface area contributed by atoms with Crippen molar-refractivity contribution >= 4 is 11.6 Å². The van der Waals surface area contributed by atoms with Gasteiger partial charge < -0.3 is 20.6 Å². The number of likely N-dealkylation sites (tertiary alicyclic amines) is 1. The number of anilines is 1. The Morgan fingerprint density at radius 2 is 1.91 bits per heavy atom. The van der Waals surface area contributed by atoms with Gasteiger partial charge in [-0.3, -0.25) is 4.79 Å². The third-order valence-corrected chi connectivity index (χ3v) is 7.17. The number of benzene rings is 2. The van der Waals surface area contributed by atoms with Gasteiger partial charge in [-0.2, -0.15) is 0 Å². The number of amides is 1. The van der Waals surface area contributed by atoms with E-state index in [9.17, 15) is 14.3 Å². The van der Waals surface area contributed by atoms with E-state index in [0.717, 1.165) is 54.5 Å². The molecule has 0 saturated carbocycles. The lowest BCUT2D eigenvalue weighted by Crippen LogP contribution is -2.48. The van der Waals surface area contributed by atoms with E-state index >= 15 is 0 Å². The molecule has 1 amide bonds. The highest BCUT2D eigenvalue weighted by molar-refractivity contribution is 5.79. The summed E-state index contributed by atoms with van der Waals surface area (Å²) in [5, 5.41) is 10.1. The summed E-state index contributed by atoms with van der Waals surface area (Å²) in [7, 11) is 2.01. The number of aliphatic hydroxyl groups excluding tert-OH is 1. The lowest BCUT2D eigenvalue weighted by atomic mass is 9.81. The third-order valence-electron chi connectivity index (χ3n) is 7.17. The second-order valence-electron chi connectivity index (χ2n) is 9.08. The highest BCUT2D eigenvalue weighted by Gasteiger charge is 2.47. The smallest absolute Gasteiger partial charge is 0.223 e. The molecule has 0 aromatic heterocycles. The standard InChI is InChI=1S/C26H34FN3O2/c1-29-23-11-10-19(18-7-6-8-20(27)15-18)16-22(23)26-21(24(29)17-31)12-14-30(26)25(32)9-4-2-3-5-13-28/h6-8,10-11,15-16,21,24,26,31H,2-5,9,12-14,17,28H2,1H3/t21-,24-,26-/m1/s1. The summed E-state index contributed by atoms with van der Waals surface area (Å²) in [6.45, 7) is 1.47. The van der Waals surface area contributed by atoms with Crippen LogP contribution in [0.2, 0.25) is 0 Å². The van der Waals surface area contributed by atoms with E-state index in [4.69, 9.17) is 5.73 Å². The van der Waals surface area contributed by atoms with Crippen LogP contribution in [0.15, 0.2) is 42.5 Å². The van der Waals surface area contributed by atoms with Crippen LogP contribution in [0.1, 0.15) is 50.1 Å². The van der Waals surface area contributed by atoms with E-state index in [0.29, 0.717) is 19.5 Å². The number of unbranched alkanes of at least 4 members (excludes halogenated alkanes) is 3. The number of nitrogens with two attached hydrogens (primary N) is 1. The molecular formula is C26H34FN3O2. The maximum absolute atomic E-state index is 13.8. The molecule has 6 heteroatoms. The van der Waals surface area contributed by atoms with E-state index in [2.05, 4.69) is 11.0 Å². The summed E-state index contributed by atoms with van der Waals surface area (Å²) >= 11 is 0. The van der Waals surface area contributed by atoms with Crippen molar-refractivity contribution in [3.63, 3.8) is 0 Å². The molecule has 172 valence electrons. The summed E-state index contributed by atoms with van der Waals surface area (Å²) in [5.41, 5.74) is 9.47. The van der Waals surface area contributed by atoms with E-state index in [1.807, 2.05) is 30.1 Å². The Hall–Kier alpha value is -2.44. The van der Waals surface area contributed by atoms with E-state index in [-0.39, 0.29) is 36.3 Å². The van der Waals surface area contributed by atoms with Crippen LogP contribution in [0.4, 0.5) is 10.1 Å². The quantitative estimate of drug-likeness (QED) is 0.608. The molecule has 2 heterocycles. The lowest BCUT2D eigenvalue weighted by molar-refractivity contribution is -0.132. The Balaban J connectivity index is 1.63. The first kappa shape index (κ1) is 22.7. The first-order chi connectivity index (χ1) is 15.5. The molecule has 3 atom stereocenters. The zero-order valence-electron chi connectivity index (χ0n) is 18.8. The summed E-state index contributed by atoms with van der Waals surface area (Å²) in [5.74, 6) is 0.109. The minimum absolute atomic E-state index is 0.0186. The SMILES string of the molecule is CN1c2ccc(-c3cccc(F)c3)cc2[C@H]2[C@H](CCN2C(=O)CCCCCCN)[C@H]1CO. The number of hydrogen-bond acceptors (Lipinski definition) is 4. The predicted molar refractivity (Wildman–Crippen MR) is 126 cm³/mol. The van der Waals surface area contributed by atoms with Crippen LogP contribution in [-0.4, -0.2) is 48.7 Å². The molecule has 0 unspecified atom stereocenters. The monoisotopic (exact) mass is 439 g/mol. The molecule has 1 saturated heterocycles.